The topological polar surface area (TPSA) is 61.5 Å². The van der Waals surface area contributed by atoms with Gasteiger partial charge in [0, 0.05) is 11.6 Å². The fourth-order valence-electron chi connectivity index (χ4n) is 1.82. The molecular weight excluding hydrogens is 242 g/mol. The molecular formula is C15H23NO3. The smallest absolute Gasteiger partial charge is 0.347 e. The maximum Gasteiger partial charge on any atom is 0.347 e. The number of aryl methyl sites for hydroxylation is 1. The number of hydrogen-bond donors (Lipinski definition) is 1. The van der Waals surface area contributed by atoms with Crippen LogP contribution in [0, 0.1) is 6.92 Å². The van der Waals surface area contributed by atoms with Crippen molar-refractivity contribution in [3.63, 3.8) is 0 Å². The number of hydrogen-bond acceptors (Lipinski definition) is 4. The molecule has 2 atom stereocenters. The summed E-state index contributed by atoms with van der Waals surface area (Å²) in [5.74, 6) is 0.321. The molecule has 0 fully saturated rings. The maximum atomic E-state index is 11.7. The molecule has 106 valence electrons. The summed E-state index contributed by atoms with van der Waals surface area (Å²) in [4.78, 5) is 11.7. The van der Waals surface area contributed by atoms with Crippen LogP contribution in [0.2, 0.25) is 0 Å². The van der Waals surface area contributed by atoms with E-state index in [0.29, 0.717) is 18.8 Å². The molecule has 0 aliphatic heterocycles. The van der Waals surface area contributed by atoms with Crippen LogP contribution in [-0.2, 0) is 9.53 Å². The minimum atomic E-state index is -0.583. The van der Waals surface area contributed by atoms with Gasteiger partial charge in [0.15, 0.2) is 6.10 Å². The number of carbonyl (C=O) groups excluding carboxylic acids is 1. The highest BCUT2D eigenvalue weighted by molar-refractivity contribution is 5.75. The largest absolute Gasteiger partial charge is 0.478 e. The highest BCUT2D eigenvalue weighted by atomic mass is 16.6. The van der Waals surface area contributed by atoms with Crippen molar-refractivity contribution in [3.05, 3.63) is 29.3 Å². The van der Waals surface area contributed by atoms with Crippen LogP contribution in [0.3, 0.4) is 0 Å². The van der Waals surface area contributed by atoms with Crippen LogP contribution in [0.1, 0.15) is 44.4 Å². The van der Waals surface area contributed by atoms with E-state index in [1.165, 1.54) is 0 Å². The van der Waals surface area contributed by atoms with Crippen LogP contribution in [0.25, 0.3) is 0 Å². The molecule has 0 aliphatic carbocycles. The Hall–Kier alpha value is -1.55. The van der Waals surface area contributed by atoms with Gasteiger partial charge in [-0.15, -0.1) is 0 Å². The lowest BCUT2D eigenvalue weighted by molar-refractivity contribution is -0.151. The summed E-state index contributed by atoms with van der Waals surface area (Å²) in [6.45, 7) is 7.92. The summed E-state index contributed by atoms with van der Waals surface area (Å²) in [5, 5.41) is 0. The Bertz CT molecular complexity index is 429. The van der Waals surface area contributed by atoms with Gasteiger partial charge in [-0.2, -0.15) is 0 Å². The zero-order valence-electron chi connectivity index (χ0n) is 12.1. The average Bonchev–Trinajstić information content (AvgIpc) is 2.37. The summed E-state index contributed by atoms with van der Waals surface area (Å²) in [7, 11) is 0. The van der Waals surface area contributed by atoms with Crippen LogP contribution >= 0.6 is 0 Å². The van der Waals surface area contributed by atoms with E-state index in [1.807, 2.05) is 39.0 Å². The third-order valence-corrected chi connectivity index (χ3v) is 2.85. The molecule has 0 radical (unpaired) electrons. The molecule has 0 saturated carbocycles. The molecule has 0 spiro atoms. The molecule has 0 heterocycles. The number of esters is 1. The van der Waals surface area contributed by atoms with Gasteiger partial charge in [0.2, 0.25) is 0 Å². The third kappa shape index (κ3) is 4.24. The molecule has 0 aliphatic rings. The first-order valence-corrected chi connectivity index (χ1v) is 6.69. The molecule has 1 unspecified atom stereocenters. The van der Waals surface area contributed by atoms with E-state index in [-0.39, 0.29) is 12.0 Å². The minimum absolute atomic E-state index is 0.144. The van der Waals surface area contributed by atoms with Crippen molar-refractivity contribution in [1.82, 2.24) is 0 Å². The second kappa shape index (κ2) is 7.14. The average molecular weight is 265 g/mol. The predicted molar refractivity (Wildman–Crippen MR) is 75.1 cm³/mol. The summed E-state index contributed by atoms with van der Waals surface area (Å²) in [6, 6.07) is 5.64. The van der Waals surface area contributed by atoms with Crippen LogP contribution in [0.5, 0.6) is 5.75 Å². The minimum Gasteiger partial charge on any atom is -0.478 e. The Balaban J connectivity index is 2.93. The Morgan fingerprint density at radius 1 is 1.37 bits per heavy atom. The molecule has 19 heavy (non-hydrogen) atoms. The Labute approximate surface area is 114 Å². The van der Waals surface area contributed by atoms with E-state index in [2.05, 4.69) is 0 Å². The van der Waals surface area contributed by atoms with Gasteiger partial charge in [-0.05, 0) is 33.3 Å². The Kier molecular flexibility index (Phi) is 5.83. The van der Waals surface area contributed by atoms with Crippen molar-refractivity contribution in [3.8, 4) is 5.75 Å². The summed E-state index contributed by atoms with van der Waals surface area (Å²) in [6.07, 6.45) is -0.0226. The molecule has 1 rings (SSSR count). The van der Waals surface area contributed by atoms with Gasteiger partial charge in [-0.3, -0.25) is 0 Å². The summed E-state index contributed by atoms with van der Waals surface area (Å²) in [5.41, 5.74) is 7.96. The molecule has 0 amide bonds. The first-order chi connectivity index (χ1) is 8.99. The molecule has 1 aromatic rings. The van der Waals surface area contributed by atoms with Crippen molar-refractivity contribution in [2.45, 2.75) is 46.3 Å². The van der Waals surface area contributed by atoms with Crippen LogP contribution in [-0.4, -0.2) is 18.7 Å². The number of rotatable bonds is 6. The van der Waals surface area contributed by atoms with E-state index in [1.54, 1.807) is 6.92 Å². The quantitative estimate of drug-likeness (QED) is 0.803. The van der Waals surface area contributed by atoms with Crippen molar-refractivity contribution in [2.75, 3.05) is 6.61 Å². The predicted octanol–water partition coefficient (Wildman–Crippen LogP) is 2.74. The number of nitrogens with two attached hydrogens (primary N) is 1. The maximum absolute atomic E-state index is 11.7. The SMILES string of the molecule is CCOC(=O)C(CC)Oc1ccc(C)cc1[C@@H](C)N. The van der Waals surface area contributed by atoms with Gasteiger partial charge in [-0.25, -0.2) is 4.79 Å². The first kappa shape index (κ1) is 15.5. The standard InChI is InChI=1S/C15H23NO3/c1-5-13(15(17)18-6-2)19-14-8-7-10(3)9-12(14)11(4)16/h7-9,11,13H,5-6,16H2,1-4H3/t11-,13?/m1/s1. The van der Waals surface area contributed by atoms with Crippen molar-refractivity contribution < 1.29 is 14.3 Å². The van der Waals surface area contributed by atoms with Gasteiger partial charge in [-0.1, -0.05) is 24.6 Å². The van der Waals surface area contributed by atoms with Gasteiger partial charge in [0.25, 0.3) is 0 Å². The van der Waals surface area contributed by atoms with Crippen molar-refractivity contribution in [2.24, 2.45) is 5.73 Å². The lowest BCUT2D eigenvalue weighted by Crippen LogP contribution is -2.29. The van der Waals surface area contributed by atoms with Crippen LogP contribution < -0.4 is 10.5 Å². The molecule has 2 N–H and O–H groups in total. The lowest BCUT2D eigenvalue weighted by atomic mass is 10.0. The van der Waals surface area contributed by atoms with Crippen LogP contribution in [0.15, 0.2) is 18.2 Å². The fraction of sp³-hybridized carbons (Fsp3) is 0.533. The zero-order chi connectivity index (χ0) is 14.4. The molecule has 1 aromatic carbocycles. The van der Waals surface area contributed by atoms with Gasteiger partial charge in [0.05, 0.1) is 6.61 Å². The Morgan fingerprint density at radius 2 is 2.05 bits per heavy atom. The van der Waals surface area contributed by atoms with Gasteiger partial charge in [0.1, 0.15) is 5.75 Å². The van der Waals surface area contributed by atoms with E-state index >= 15 is 0 Å². The van der Waals surface area contributed by atoms with E-state index in [4.69, 9.17) is 15.2 Å². The normalized spacial score (nSPS) is 13.7. The summed E-state index contributed by atoms with van der Waals surface area (Å²) < 4.78 is 10.8. The van der Waals surface area contributed by atoms with Gasteiger partial charge >= 0.3 is 5.97 Å². The van der Waals surface area contributed by atoms with Gasteiger partial charge < -0.3 is 15.2 Å². The molecule has 0 saturated heterocycles. The number of carbonyl (C=O) groups is 1. The summed E-state index contributed by atoms with van der Waals surface area (Å²) >= 11 is 0. The van der Waals surface area contributed by atoms with Crippen molar-refractivity contribution >= 4 is 5.97 Å². The van der Waals surface area contributed by atoms with Crippen LogP contribution in [0.4, 0.5) is 0 Å². The van der Waals surface area contributed by atoms with E-state index < -0.39 is 6.10 Å². The zero-order valence-corrected chi connectivity index (χ0v) is 12.1. The van der Waals surface area contributed by atoms with Crippen molar-refractivity contribution in [1.29, 1.82) is 0 Å². The van der Waals surface area contributed by atoms with E-state index in [0.717, 1.165) is 11.1 Å². The lowest BCUT2D eigenvalue weighted by Gasteiger charge is -2.20. The highest BCUT2D eigenvalue weighted by Crippen LogP contribution is 2.26. The number of benzene rings is 1. The second-order valence-corrected chi connectivity index (χ2v) is 4.60. The van der Waals surface area contributed by atoms with E-state index in [9.17, 15) is 4.79 Å². The monoisotopic (exact) mass is 265 g/mol. The first-order valence-electron chi connectivity index (χ1n) is 6.69. The second-order valence-electron chi connectivity index (χ2n) is 4.60. The highest BCUT2D eigenvalue weighted by Gasteiger charge is 2.21. The fourth-order valence-corrected chi connectivity index (χ4v) is 1.82. The molecule has 0 aromatic heterocycles. The number of ether oxygens (including phenoxy) is 2. The molecule has 0 bridgehead atoms. The third-order valence-electron chi connectivity index (χ3n) is 2.85. The molecule has 4 heteroatoms. The Morgan fingerprint density at radius 3 is 2.58 bits per heavy atom. The molecule has 4 nitrogen and oxygen atoms in total.